The van der Waals surface area contributed by atoms with Crippen LogP contribution in [-0.4, -0.2) is 16.2 Å². The van der Waals surface area contributed by atoms with Crippen molar-refractivity contribution >= 4 is 5.97 Å². The molecule has 0 fully saturated rings. The molecule has 0 aromatic heterocycles. The first-order valence-electron chi connectivity index (χ1n) is 11.3. The Hall–Kier alpha value is -0.990. The van der Waals surface area contributed by atoms with E-state index >= 15 is 0 Å². The van der Waals surface area contributed by atoms with Crippen molar-refractivity contribution in [2.75, 3.05) is 0 Å². The highest BCUT2D eigenvalue weighted by Crippen LogP contribution is 2.15. The van der Waals surface area contributed by atoms with Crippen LogP contribution >= 0.6 is 0 Å². The summed E-state index contributed by atoms with van der Waals surface area (Å²) in [5.74, 6) is -0.660. The molecule has 0 radical (unpaired) electrons. The summed E-state index contributed by atoms with van der Waals surface area (Å²) in [6, 6.07) is 0. The minimum absolute atomic E-state index is 0.0786. The van der Waals surface area contributed by atoms with Crippen LogP contribution in [0, 0.1) is 0 Å². The molecule has 0 aromatic carbocycles. The topological polar surface area (TPSA) is 57.5 Å². The first-order chi connectivity index (χ1) is 12.7. The van der Waals surface area contributed by atoms with Crippen molar-refractivity contribution < 1.29 is 15.0 Å². The van der Waals surface area contributed by atoms with E-state index < -0.39 is 5.97 Å². The lowest BCUT2D eigenvalue weighted by molar-refractivity contribution is -0.136. The number of carboxylic acids is 1. The van der Waals surface area contributed by atoms with Crippen LogP contribution in [0.4, 0.5) is 0 Å². The highest BCUT2D eigenvalue weighted by Gasteiger charge is 1.98. The molecule has 0 heterocycles. The number of carbonyl (C=O) groups is 1. The van der Waals surface area contributed by atoms with Crippen LogP contribution in [0.3, 0.4) is 0 Å². The predicted octanol–water partition coefficient (Wildman–Crippen LogP) is 7.94. The molecule has 0 atom stereocenters. The van der Waals surface area contributed by atoms with Gasteiger partial charge in [-0.1, -0.05) is 110 Å². The van der Waals surface area contributed by atoms with E-state index in [4.69, 9.17) is 5.11 Å². The molecule has 26 heavy (non-hydrogen) atoms. The molecule has 0 saturated carbocycles. The molecule has 3 nitrogen and oxygen atoms in total. The van der Waals surface area contributed by atoms with Crippen molar-refractivity contribution in [3.05, 3.63) is 11.8 Å². The second kappa shape index (κ2) is 20.3. The van der Waals surface area contributed by atoms with Gasteiger partial charge in [-0.05, 0) is 12.5 Å². The van der Waals surface area contributed by atoms with E-state index in [-0.39, 0.29) is 12.2 Å². The van der Waals surface area contributed by atoms with Crippen molar-refractivity contribution in [1.82, 2.24) is 0 Å². The molecule has 0 bridgehead atoms. The first kappa shape index (κ1) is 25.0. The maximum atomic E-state index is 10.4. The van der Waals surface area contributed by atoms with Gasteiger partial charge in [0.25, 0.3) is 0 Å². The zero-order valence-electron chi connectivity index (χ0n) is 17.3. The van der Waals surface area contributed by atoms with Crippen LogP contribution in [0.25, 0.3) is 0 Å². The third kappa shape index (κ3) is 21.1. The van der Waals surface area contributed by atoms with Crippen molar-refractivity contribution in [2.45, 2.75) is 129 Å². The molecule has 0 aromatic rings. The number of aliphatic carboxylic acids is 1. The van der Waals surface area contributed by atoms with Gasteiger partial charge in [-0.2, -0.15) is 0 Å². The average molecular weight is 369 g/mol. The van der Waals surface area contributed by atoms with E-state index in [1.807, 2.05) is 0 Å². The fourth-order valence-electron chi connectivity index (χ4n) is 3.34. The van der Waals surface area contributed by atoms with E-state index in [0.29, 0.717) is 6.42 Å². The van der Waals surface area contributed by atoms with Crippen LogP contribution in [0.15, 0.2) is 11.8 Å². The Kier molecular flexibility index (Phi) is 19.5. The van der Waals surface area contributed by atoms with Crippen LogP contribution < -0.4 is 0 Å². The van der Waals surface area contributed by atoms with Crippen LogP contribution in [0.1, 0.15) is 129 Å². The lowest BCUT2D eigenvalue weighted by Crippen LogP contribution is -1.92. The summed E-state index contributed by atoms with van der Waals surface area (Å²) in [5.41, 5.74) is 0. The number of hydrogen-bond donors (Lipinski definition) is 2. The molecule has 3 heteroatoms. The molecule has 0 saturated heterocycles. The SMILES string of the molecule is CCCCCCCCCCCCCCCCCCCC(O)=CCC(=O)O. The number of hydrogen-bond acceptors (Lipinski definition) is 2. The summed E-state index contributed by atoms with van der Waals surface area (Å²) in [6.07, 6.45) is 24.8. The summed E-state index contributed by atoms with van der Waals surface area (Å²) >= 11 is 0. The normalized spacial score (nSPS) is 11.8. The third-order valence-electron chi connectivity index (χ3n) is 5.05. The Morgan fingerprint density at radius 1 is 0.615 bits per heavy atom. The van der Waals surface area contributed by atoms with Gasteiger partial charge in [0.15, 0.2) is 0 Å². The highest BCUT2D eigenvalue weighted by atomic mass is 16.4. The quantitative estimate of drug-likeness (QED) is 0.169. The minimum atomic E-state index is -0.890. The fraction of sp³-hybridized carbons (Fsp3) is 0.870. The number of unbranched alkanes of at least 4 members (excludes halogenated alkanes) is 16. The Morgan fingerprint density at radius 2 is 0.962 bits per heavy atom. The summed E-state index contributed by atoms with van der Waals surface area (Å²) in [4.78, 5) is 10.4. The molecule has 0 aliphatic heterocycles. The maximum absolute atomic E-state index is 10.4. The number of carboxylic acid groups (broad SMARTS) is 1. The zero-order chi connectivity index (χ0) is 19.3. The van der Waals surface area contributed by atoms with E-state index in [1.165, 1.54) is 102 Å². The second-order valence-electron chi connectivity index (χ2n) is 7.70. The van der Waals surface area contributed by atoms with E-state index in [2.05, 4.69) is 6.92 Å². The van der Waals surface area contributed by atoms with Gasteiger partial charge < -0.3 is 10.2 Å². The lowest BCUT2D eigenvalue weighted by atomic mass is 10.0. The molecule has 154 valence electrons. The molecule has 0 amide bonds. The molecular formula is C23H44O3. The van der Waals surface area contributed by atoms with Crippen molar-refractivity contribution in [1.29, 1.82) is 0 Å². The highest BCUT2D eigenvalue weighted by molar-refractivity contribution is 5.68. The molecule has 0 aliphatic carbocycles. The average Bonchev–Trinajstić information content (AvgIpc) is 2.62. The molecule has 0 rings (SSSR count). The predicted molar refractivity (Wildman–Crippen MR) is 112 cm³/mol. The largest absolute Gasteiger partial charge is 0.513 e. The molecule has 0 unspecified atom stereocenters. The standard InChI is InChI=1S/C23H44O3/c1-2-3-4-5-6-7-8-9-10-11-12-13-14-15-16-17-18-19-22(24)20-21-23(25)26/h20,24H,2-19,21H2,1H3,(H,25,26). The van der Waals surface area contributed by atoms with Crippen LogP contribution in [0.2, 0.25) is 0 Å². The van der Waals surface area contributed by atoms with Gasteiger partial charge >= 0.3 is 5.97 Å². The number of rotatable bonds is 20. The Morgan fingerprint density at radius 3 is 1.31 bits per heavy atom. The van der Waals surface area contributed by atoms with E-state index in [1.54, 1.807) is 0 Å². The zero-order valence-corrected chi connectivity index (χ0v) is 17.3. The number of aliphatic hydroxyl groups is 1. The van der Waals surface area contributed by atoms with E-state index in [9.17, 15) is 9.90 Å². The summed E-state index contributed by atoms with van der Waals surface area (Å²) < 4.78 is 0. The Bertz CT molecular complexity index is 336. The molecule has 0 spiro atoms. The molecular weight excluding hydrogens is 324 g/mol. The van der Waals surface area contributed by atoms with Gasteiger partial charge in [0, 0.05) is 6.42 Å². The van der Waals surface area contributed by atoms with Crippen LogP contribution in [-0.2, 0) is 4.79 Å². The second-order valence-corrected chi connectivity index (χ2v) is 7.70. The molecule has 2 N–H and O–H groups in total. The van der Waals surface area contributed by atoms with Crippen molar-refractivity contribution in [3.63, 3.8) is 0 Å². The van der Waals surface area contributed by atoms with Crippen molar-refractivity contribution in [3.8, 4) is 0 Å². The fourth-order valence-corrected chi connectivity index (χ4v) is 3.34. The van der Waals surface area contributed by atoms with Crippen LogP contribution in [0.5, 0.6) is 0 Å². The van der Waals surface area contributed by atoms with Gasteiger partial charge in [0.1, 0.15) is 0 Å². The first-order valence-corrected chi connectivity index (χ1v) is 11.3. The van der Waals surface area contributed by atoms with Gasteiger partial charge in [0.05, 0.1) is 12.2 Å². The van der Waals surface area contributed by atoms with E-state index in [0.717, 1.165) is 12.8 Å². The van der Waals surface area contributed by atoms with Gasteiger partial charge in [0.2, 0.25) is 0 Å². The monoisotopic (exact) mass is 368 g/mol. The summed E-state index contributed by atoms with van der Waals surface area (Å²) in [5, 5.41) is 18.0. The van der Waals surface area contributed by atoms with Gasteiger partial charge in [-0.25, -0.2) is 0 Å². The van der Waals surface area contributed by atoms with Crippen molar-refractivity contribution in [2.24, 2.45) is 0 Å². The van der Waals surface area contributed by atoms with Gasteiger partial charge in [-0.3, -0.25) is 4.79 Å². The van der Waals surface area contributed by atoms with Gasteiger partial charge in [-0.15, -0.1) is 0 Å². The molecule has 0 aliphatic rings. The summed E-state index contributed by atoms with van der Waals surface area (Å²) in [6.45, 7) is 2.27. The maximum Gasteiger partial charge on any atom is 0.307 e. The summed E-state index contributed by atoms with van der Waals surface area (Å²) in [7, 11) is 0. The minimum Gasteiger partial charge on any atom is -0.513 e. The lowest BCUT2D eigenvalue weighted by Gasteiger charge is -2.04. The smallest absolute Gasteiger partial charge is 0.307 e. The third-order valence-corrected chi connectivity index (χ3v) is 5.05. The number of allylic oxidation sites excluding steroid dienone is 1. The Labute approximate surface area is 162 Å². The Balaban J connectivity index is 3.13. The number of aliphatic hydroxyl groups excluding tert-OH is 1.